The predicted molar refractivity (Wildman–Crippen MR) is 84.7 cm³/mol. The highest BCUT2D eigenvalue weighted by Gasteiger charge is 2.21. The molecule has 4 atom stereocenters. The number of rotatable bonds is 8. The summed E-state index contributed by atoms with van der Waals surface area (Å²) in [7, 11) is 3.13. The molecule has 0 aromatic carbocycles. The van der Waals surface area contributed by atoms with Crippen LogP contribution < -0.4 is 0 Å². The molecule has 0 aliphatic heterocycles. The Hall–Kier alpha value is 0.430. The van der Waals surface area contributed by atoms with Gasteiger partial charge in [-0.05, 0) is 42.2 Å². The normalized spacial score (nSPS) is 17.8. The maximum Gasteiger partial charge on any atom is -0.0233 e. The van der Waals surface area contributed by atoms with Gasteiger partial charge in [0, 0.05) is 0 Å². The van der Waals surface area contributed by atoms with E-state index in [9.17, 15) is 0 Å². The van der Waals surface area contributed by atoms with E-state index in [1.165, 1.54) is 38.5 Å². The first-order chi connectivity index (χ1) is 7.80. The summed E-state index contributed by atoms with van der Waals surface area (Å²) >= 11 is 0. The zero-order valence-electron chi connectivity index (χ0n) is 13.1. The van der Waals surface area contributed by atoms with E-state index in [4.69, 9.17) is 0 Å². The Kier molecular flexibility index (Phi) is 8.73. The minimum Gasteiger partial charge on any atom is -0.134 e. The van der Waals surface area contributed by atoms with Crippen LogP contribution >= 0.6 is 9.24 Å². The van der Waals surface area contributed by atoms with Crippen molar-refractivity contribution in [2.45, 2.75) is 85.7 Å². The van der Waals surface area contributed by atoms with Crippen molar-refractivity contribution >= 4 is 9.24 Å². The number of hydrogen-bond acceptors (Lipinski definition) is 0. The lowest BCUT2D eigenvalue weighted by atomic mass is 9.81. The van der Waals surface area contributed by atoms with Crippen LogP contribution in [0, 0.1) is 17.3 Å². The van der Waals surface area contributed by atoms with E-state index in [1.807, 2.05) is 0 Å². The van der Waals surface area contributed by atoms with Gasteiger partial charge < -0.3 is 0 Å². The van der Waals surface area contributed by atoms with Gasteiger partial charge in [-0.1, -0.05) is 60.8 Å². The van der Waals surface area contributed by atoms with E-state index >= 15 is 0 Å². The quantitative estimate of drug-likeness (QED) is 0.475. The second-order valence-electron chi connectivity index (χ2n) is 7.08. The third-order valence-electron chi connectivity index (χ3n) is 3.69. The van der Waals surface area contributed by atoms with Crippen molar-refractivity contribution in [3.05, 3.63) is 0 Å². The minimum absolute atomic E-state index is 0.481. The molecule has 1 heteroatoms. The monoisotopic (exact) mass is 258 g/mol. The summed E-state index contributed by atoms with van der Waals surface area (Å²) in [6, 6.07) is 0. The van der Waals surface area contributed by atoms with Crippen LogP contribution in [-0.4, -0.2) is 5.66 Å². The van der Waals surface area contributed by atoms with E-state index in [2.05, 4.69) is 50.8 Å². The lowest BCUT2D eigenvalue weighted by Gasteiger charge is -2.29. The van der Waals surface area contributed by atoms with Crippen LogP contribution in [0.3, 0.4) is 0 Å². The van der Waals surface area contributed by atoms with Crippen LogP contribution in [0.1, 0.15) is 80.1 Å². The van der Waals surface area contributed by atoms with Crippen molar-refractivity contribution < 1.29 is 0 Å². The molecule has 0 N–H and O–H groups in total. The standard InChI is InChI=1S/C16H35P/c1-7-9-10-14(8-2)15(17)11-13(3)12-16(4,5)6/h13-15H,7-12,17H2,1-6H3. The van der Waals surface area contributed by atoms with Crippen LogP contribution in [0.2, 0.25) is 0 Å². The van der Waals surface area contributed by atoms with Crippen molar-refractivity contribution in [2.75, 3.05) is 0 Å². The first kappa shape index (κ1) is 17.4. The molecule has 17 heavy (non-hydrogen) atoms. The molecule has 0 bridgehead atoms. The third kappa shape index (κ3) is 9.06. The van der Waals surface area contributed by atoms with Gasteiger partial charge in [-0.2, -0.15) is 0 Å². The Balaban J connectivity index is 4.07. The molecule has 0 aliphatic rings. The van der Waals surface area contributed by atoms with E-state index in [1.54, 1.807) is 0 Å². The molecule has 0 amide bonds. The SMILES string of the molecule is CCCCC(CC)C(P)CC(C)CC(C)(C)C. The first-order valence-corrected chi connectivity index (χ1v) is 8.22. The third-order valence-corrected chi connectivity index (χ3v) is 4.51. The van der Waals surface area contributed by atoms with Gasteiger partial charge in [-0.25, -0.2) is 0 Å². The van der Waals surface area contributed by atoms with Crippen LogP contribution in [0.15, 0.2) is 0 Å². The Morgan fingerprint density at radius 3 is 2.12 bits per heavy atom. The van der Waals surface area contributed by atoms with Crippen LogP contribution in [0.5, 0.6) is 0 Å². The van der Waals surface area contributed by atoms with Gasteiger partial charge >= 0.3 is 0 Å². The van der Waals surface area contributed by atoms with E-state index < -0.39 is 0 Å². The highest BCUT2D eigenvalue weighted by molar-refractivity contribution is 7.17. The molecule has 0 saturated heterocycles. The van der Waals surface area contributed by atoms with Crippen molar-refractivity contribution in [3.8, 4) is 0 Å². The molecule has 0 saturated carbocycles. The summed E-state index contributed by atoms with van der Waals surface area (Å²) in [4.78, 5) is 0. The summed E-state index contributed by atoms with van der Waals surface area (Å²) in [5.41, 5.74) is 1.30. The van der Waals surface area contributed by atoms with Gasteiger partial charge in [0.2, 0.25) is 0 Å². The highest BCUT2D eigenvalue weighted by atomic mass is 31.0. The molecule has 0 aromatic heterocycles. The van der Waals surface area contributed by atoms with Crippen LogP contribution in [0.4, 0.5) is 0 Å². The van der Waals surface area contributed by atoms with Gasteiger partial charge in [0.1, 0.15) is 0 Å². The molecule has 4 unspecified atom stereocenters. The number of unbranched alkanes of at least 4 members (excludes halogenated alkanes) is 1. The lowest BCUT2D eigenvalue weighted by Crippen LogP contribution is -2.19. The maximum atomic E-state index is 3.13. The van der Waals surface area contributed by atoms with Crippen molar-refractivity contribution in [3.63, 3.8) is 0 Å². The molecule has 0 fully saturated rings. The zero-order valence-corrected chi connectivity index (χ0v) is 14.2. The van der Waals surface area contributed by atoms with E-state index in [-0.39, 0.29) is 0 Å². The predicted octanol–water partition coefficient (Wildman–Crippen LogP) is 5.91. The summed E-state index contributed by atoms with van der Waals surface area (Å²) in [6.45, 7) is 14.1. The molecule has 0 aliphatic carbocycles. The van der Waals surface area contributed by atoms with E-state index in [0.717, 1.165) is 17.5 Å². The Labute approximate surface area is 113 Å². The molecule has 104 valence electrons. The van der Waals surface area contributed by atoms with Crippen molar-refractivity contribution in [2.24, 2.45) is 17.3 Å². The average Bonchev–Trinajstić information content (AvgIpc) is 2.15. The van der Waals surface area contributed by atoms with E-state index in [0.29, 0.717) is 5.41 Å². The van der Waals surface area contributed by atoms with Gasteiger partial charge in [0.05, 0.1) is 0 Å². The molecule has 0 spiro atoms. The van der Waals surface area contributed by atoms with Gasteiger partial charge in [-0.15, -0.1) is 9.24 Å². The lowest BCUT2D eigenvalue weighted by molar-refractivity contribution is 0.279. The molecule has 0 aromatic rings. The summed E-state index contributed by atoms with van der Waals surface area (Å²) in [6.07, 6.45) is 8.23. The summed E-state index contributed by atoms with van der Waals surface area (Å²) in [5, 5.41) is 0. The van der Waals surface area contributed by atoms with Gasteiger partial charge in [0.25, 0.3) is 0 Å². The second kappa shape index (κ2) is 8.52. The molecule has 0 heterocycles. The van der Waals surface area contributed by atoms with Gasteiger partial charge in [0.15, 0.2) is 0 Å². The Morgan fingerprint density at radius 2 is 1.71 bits per heavy atom. The largest absolute Gasteiger partial charge is 0.134 e. The van der Waals surface area contributed by atoms with Crippen molar-refractivity contribution in [1.29, 1.82) is 0 Å². The smallest absolute Gasteiger partial charge is 0.0233 e. The molecule has 0 rings (SSSR count). The topological polar surface area (TPSA) is 0 Å². The maximum absolute atomic E-state index is 3.13. The zero-order chi connectivity index (χ0) is 13.5. The highest BCUT2D eigenvalue weighted by Crippen LogP contribution is 2.32. The molecular formula is C16H35P. The summed E-state index contributed by atoms with van der Waals surface area (Å²) in [5.74, 6) is 1.77. The minimum atomic E-state index is 0.481. The fraction of sp³-hybridized carbons (Fsp3) is 1.00. The first-order valence-electron chi connectivity index (χ1n) is 7.55. The average molecular weight is 258 g/mol. The molecular weight excluding hydrogens is 223 g/mol. The fourth-order valence-electron chi connectivity index (χ4n) is 2.97. The Bertz CT molecular complexity index is 180. The molecule has 0 radical (unpaired) electrons. The second-order valence-corrected chi connectivity index (χ2v) is 7.94. The van der Waals surface area contributed by atoms with Gasteiger partial charge in [-0.3, -0.25) is 0 Å². The number of hydrogen-bond donors (Lipinski definition) is 0. The summed E-state index contributed by atoms with van der Waals surface area (Å²) < 4.78 is 0. The fourth-order valence-corrected chi connectivity index (χ4v) is 3.90. The Morgan fingerprint density at radius 1 is 1.12 bits per heavy atom. The van der Waals surface area contributed by atoms with Crippen LogP contribution in [-0.2, 0) is 0 Å². The van der Waals surface area contributed by atoms with Crippen molar-refractivity contribution in [1.82, 2.24) is 0 Å². The molecule has 0 nitrogen and oxygen atoms in total. The van der Waals surface area contributed by atoms with Crippen LogP contribution in [0.25, 0.3) is 0 Å².